The molecule has 1 saturated carbocycles. The SMILES string of the molecule is Nc1nc(Cl)c(C#CC2=COCC2)c(N[C@H]2CC[C@@H](CO)C2)n1. The molecule has 0 bridgehead atoms. The molecule has 6 nitrogen and oxygen atoms in total. The van der Waals surface area contributed by atoms with E-state index < -0.39 is 0 Å². The van der Waals surface area contributed by atoms with Gasteiger partial charge in [-0.3, -0.25) is 0 Å². The van der Waals surface area contributed by atoms with Gasteiger partial charge >= 0.3 is 0 Å². The van der Waals surface area contributed by atoms with E-state index in [1.165, 1.54) is 0 Å². The van der Waals surface area contributed by atoms with Gasteiger partial charge < -0.3 is 20.9 Å². The summed E-state index contributed by atoms with van der Waals surface area (Å²) in [5, 5.41) is 12.9. The summed E-state index contributed by atoms with van der Waals surface area (Å²) in [6.07, 6.45) is 5.31. The van der Waals surface area contributed by atoms with Crippen molar-refractivity contribution in [3.8, 4) is 11.8 Å². The van der Waals surface area contributed by atoms with Crippen molar-refractivity contribution in [1.82, 2.24) is 9.97 Å². The summed E-state index contributed by atoms with van der Waals surface area (Å²) in [5.41, 5.74) is 7.17. The Kier molecular flexibility index (Phi) is 4.89. The van der Waals surface area contributed by atoms with Crippen LogP contribution in [-0.4, -0.2) is 34.3 Å². The Hall–Kier alpha value is -1.97. The van der Waals surface area contributed by atoms with Gasteiger partial charge in [-0.15, -0.1) is 0 Å². The number of aliphatic hydroxyl groups excluding tert-OH is 1. The van der Waals surface area contributed by atoms with Gasteiger partial charge in [0, 0.05) is 24.6 Å². The van der Waals surface area contributed by atoms with E-state index in [-0.39, 0.29) is 23.8 Å². The second-order valence-electron chi connectivity index (χ2n) is 5.81. The molecule has 2 heterocycles. The second kappa shape index (κ2) is 7.07. The lowest BCUT2D eigenvalue weighted by Gasteiger charge is -2.15. The number of nitrogens with one attached hydrogen (secondary N) is 1. The van der Waals surface area contributed by atoms with Crippen LogP contribution in [0, 0.1) is 17.8 Å². The molecular weight excluding hydrogens is 316 g/mol. The Morgan fingerprint density at radius 1 is 1.39 bits per heavy atom. The van der Waals surface area contributed by atoms with Crippen LogP contribution in [0.3, 0.4) is 0 Å². The predicted octanol–water partition coefficient (Wildman–Crippen LogP) is 1.94. The lowest BCUT2D eigenvalue weighted by molar-refractivity contribution is 0.229. The third-order valence-corrected chi connectivity index (χ3v) is 4.36. The second-order valence-corrected chi connectivity index (χ2v) is 6.17. The lowest BCUT2D eigenvalue weighted by Crippen LogP contribution is -2.19. The van der Waals surface area contributed by atoms with Gasteiger partial charge in [-0.05, 0) is 25.2 Å². The molecule has 2 aliphatic rings. The molecule has 0 amide bonds. The quantitative estimate of drug-likeness (QED) is 0.578. The zero-order chi connectivity index (χ0) is 16.2. The van der Waals surface area contributed by atoms with Crippen LogP contribution in [0.4, 0.5) is 11.8 Å². The number of nitrogen functional groups attached to an aromatic ring is 1. The summed E-state index contributed by atoms with van der Waals surface area (Å²) >= 11 is 6.20. The van der Waals surface area contributed by atoms with Crippen molar-refractivity contribution in [1.29, 1.82) is 0 Å². The highest BCUT2D eigenvalue weighted by Crippen LogP contribution is 2.29. The van der Waals surface area contributed by atoms with Crippen LogP contribution in [0.1, 0.15) is 31.2 Å². The van der Waals surface area contributed by atoms with E-state index in [0.717, 1.165) is 31.3 Å². The van der Waals surface area contributed by atoms with Crippen molar-refractivity contribution >= 4 is 23.4 Å². The summed E-state index contributed by atoms with van der Waals surface area (Å²) < 4.78 is 5.17. The van der Waals surface area contributed by atoms with Gasteiger partial charge in [0.2, 0.25) is 5.95 Å². The van der Waals surface area contributed by atoms with Gasteiger partial charge in [-0.25, -0.2) is 0 Å². The first kappa shape index (κ1) is 15.9. The average molecular weight is 335 g/mol. The van der Waals surface area contributed by atoms with Gasteiger partial charge in [-0.1, -0.05) is 23.4 Å². The van der Waals surface area contributed by atoms with E-state index in [9.17, 15) is 5.11 Å². The molecule has 0 aromatic carbocycles. The minimum absolute atomic E-state index is 0.114. The highest BCUT2D eigenvalue weighted by atomic mass is 35.5. The van der Waals surface area contributed by atoms with E-state index in [1.807, 2.05) is 0 Å². The molecule has 1 aromatic heterocycles. The van der Waals surface area contributed by atoms with E-state index in [2.05, 4.69) is 27.1 Å². The Bertz CT molecular complexity index is 681. The molecule has 122 valence electrons. The van der Waals surface area contributed by atoms with Gasteiger partial charge in [0.15, 0.2) is 5.15 Å². The first-order valence-corrected chi connectivity index (χ1v) is 8.06. The number of nitrogens with two attached hydrogens (primary N) is 1. The zero-order valence-corrected chi connectivity index (χ0v) is 13.4. The van der Waals surface area contributed by atoms with Gasteiger partial charge in [0.25, 0.3) is 0 Å². The fraction of sp³-hybridized carbons (Fsp3) is 0.500. The number of ether oxygens (including phenoxy) is 1. The highest BCUT2D eigenvalue weighted by molar-refractivity contribution is 6.31. The van der Waals surface area contributed by atoms with E-state index in [0.29, 0.717) is 23.9 Å². The number of aromatic nitrogens is 2. The smallest absolute Gasteiger partial charge is 0.223 e. The molecule has 0 spiro atoms. The number of anilines is 2. The average Bonchev–Trinajstić information content (AvgIpc) is 3.17. The first-order chi connectivity index (χ1) is 11.2. The number of nitrogens with zero attached hydrogens (tertiary/aromatic N) is 2. The number of hydrogen-bond donors (Lipinski definition) is 3. The molecule has 1 fully saturated rings. The number of halogens is 1. The normalized spacial score (nSPS) is 23.0. The molecule has 2 atom stereocenters. The summed E-state index contributed by atoms with van der Waals surface area (Å²) in [6, 6.07) is 0.229. The van der Waals surface area contributed by atoms with E-state index in [4.69, 9.17) is 22.1 Å². The van der Waals surface area contributed by atoms with Crippen LogP contribution in [0.25, 0.3) is 0 Å². The third-order valence-electron chi connectivity index (χ3n) is 4.09. The van der Waals surface area contributed by atoms with Gasteiger partial charge in [0.1, 0.15) is 11.4 Å². The number of hydrogen-bond acceptors (Lipinski definition) is 6. The minimum Gasteiger partial charge on any atom is -0.500 e. The van der Waals surface area contributed by atoms with Gasteiger partial charge in [0.05, 0.1) is 12.9 Å². The maximum atomic E-state index is 9.26. The predicted molar refractivity (Wildman–Crippen MR) is 88.8 cm³/mol. The summed E-state index contributed by atoms with van der Waals surface area (Å²) in [4.78, 5) is 8.23. The Morgan fingerprint density at radius 2 is 2.26 bits per heavy atom. The van der Waals surface area contributed by atoms with Crippen molar-refractivity contribution in [3.63, 3.8) is 0 Å². The van der Waals surface area contributed by atoms with Crippen LogP contribution >= 0.6 is 11.6 Å². The summed E-state index contributed by atoms with van der Waals surface area (Å²) in [5.74, 6) is 7.07. The molecule has 3 rings (SSSR count). The molecule has 1 aliphatic heterocycles. The van der Waals surface area contributed by atoms with Crippen molar-refractivity contribution in [2.24, 2.45) is 5.92 Å². The third kappa shape index (κ3) is 3.87. The minimum atomic E-state index is 0.114. The van der Waals surface area contributed by atoms with Crippen LogP contribution in [0.5, 0.6) is 0 Å². The van der Waals surface area contributed by atoms with Crippen molar-refractivity contribution in [2.45, 2.75) is 31.7 Å². The monoisotopic (exact) mass is 334 g/mol. The fourth-order valence-corrected chi connectivity index (χ4v) is 3.08. The standard InChI is InChI=1S/C16H19ClN4O2/c17-14-13(4-2-10-5-6-23-9-10)15(21-16(18)20-14)19-12-3-1-11(7-12)8-22/h9,11-12,22H,1,3,5-8H2,(H3,18,19,20,21)/t11-,12+/m1/s1. The van der Waals surface area contributed by atoms with Crippen LogP contribution in [0.15, 0.2) is 11.8 Å². The van der Waals surface area contributed by atoms with E-state index in [1.54, 1.807) is 6.26 Å². The molecule has 0 unspecified atom stereocenters. The summed E-state index contributed by atoms with van der Waals surface area (Å²) in [7, 11) is 0. The molecule has 1 aromatic rings. The van der Waals surface area contributed by atoms with Crippen LogP contribution in [-0.2, 0) is 4.74 Å². The Labute approximate surface area is 140 Å². The molecule has 23 heavy (non-hydrogen) atoms. The highest BCUT2D eigenvalue weighted by Gasteiger charge is 2.25. The molecule has 7 heteroatoms. The largest absolute Gasteiger partial charge is 0.500 e. The maximum Gasteiger partial charge on any atom is 0.223 e. The van der Waals surface area contributed by atoms with Crippen molar-refractivity contribution in [3.05, 3.63) is 22.6 Å². The topological polar surface area (TPSA) is 93.3 Å². The van der Waals surface area contributed by atoms with Crippen LogP contribution < -0.4 is 11.1 Å². The Balaban J connectivity index is 1.83. The number of aliphatic hydroxyl groups is 1. The van der Waals surface area contributed by atoms with Crippen molar-refractivity contribution < 1.29 is 9.84 Å². The molecular formula is C16H19ClN4O2. The van der Waals surface area contributed by atoms with E-state index >= 15 is 0 Å². The molecule has 0 radical (unpaired) electrons. The Morgan fingerprint density at radius 3 is 2.96 bits per heavy atom. The van der Waals surface area contributed by atoms with Crippen molar-refractivity contribution in [2.75, 3.05) is 24.3 Å². The molecule has 4 N–H and O–H groups in total. The lowest BCUT2D eigenvalue weighted by atomic mass is 10.1. The fourth-order valence-electron chi connectivity index (χ4n) is 2.85. The first-order valence-electron chi connectivity index (χ1n) is 7.68. The zero-order valence-electron chi connectivity index (χ0n) is 12.7. The molecule has 1 aliphatic carbocycles. The number of rotatable bonds is 3. The maximum absolute atomic E-state index is 9.26. The van der Waals surface area contributed by atoms with Gasteiger partial charge in [-0.2, -0.15) is 9.97 Å². The summed E-state index contributed by atoms with van der Waals surface area (Å²) in [6.45, 7) is 0.872. The van der Waals surface area contributed by atoms with Crippen LogP contribution in [0.2, 0.25) is 5.15 Å². The molecule has 0 saturated heterocycles.